The van der Waals surface area contributed by atoms with E-state index in [0.717, 1.165) is 0 Å². The van der Waals surface area contributed by atoms with Crippen molar-refractivity contribution in [2.75, 3.05) is 19.4 Å². The van der Waals surface area contributed by atoms with Crippen LogP contribution in [0.4, 0.5) is 5.69 Å². The predicted octanol–water partition coefficient (Wildman–Crippen LogP) is 3.54. The molecule has 0 aromatic heterocycles. The molecule has 0 saturated carbocycles. The van der Waals surface area contributed by atoms with Crippen LogP contribution in [0.5, 0.6) is 0 Å². The minimum absolute atomic E-state index is 0.142. The van der Waals surface area contributed by atoms with Gasteiger partial charge >= 0.3 is 0 Å². The summed E-state index contributed by atoms with van der Waals surface area (Å²) in [5, 5.41) is 3.50. The van der Waals surface area contributed by atoms with Crippen molar-refractivity contribution in [3.63, 3.8) is 0 Å². The van der Waals surface area contributed by atoms with Gasteiger partial charge in [0.05, 0.1) is 16.3 Å². The number of benzene rings is 1. The average Bonchev–Trinajstić information content (AvgIpc) is 2.28. The molecule has 96 valence electrons. The first-order valence-electron chi connectivity index (χ1n) is 5.56. The Balaban J connectivity index is 3.16. The number of amides is 1. The number of anilines is 1. The summed E-state index contributed by atoms with van der Waals surface area (Å²) < 4.78 is 0. The summed E-state index contributed by atoms with van der Waals surface area (Å²) in [6.07, 6.45) is 3.69. The van der Waals surface area contributed by atoms with E-state index in [-0.39, 0.29) is 5.91 Å². The second-order valence-electron chi connectivity index (χ2n) is 4.01. The van der Waals surface area contributed by atoms with Crippen LogP contribution >= 0.6 is 11.6 Å². The number of carbonyl (C=O) groups excluding carboxylic acids is 1. The van der Waals surface area contributed by atoms with Crippen LogP contribution in [0.25, 0.3) is 0 Å². The molecule has 0 fully saturated rings. The first kappa shape index (κ1) is 14.3. The van der Waals surface area contributed by atoms with Crippen LogP contribution in [-0.4, -0.2) is 24.9 Å². The molecule has 0 heterocycles. The van der Waals surface area contributed by atoms with E-state index in [9.17, 15) is 4.79 Å². The van der Waals surface area contributed by atoms with Gasteiger partial charge in [-0.3, -0.25) is 4.79 Å². The van der Waals surface area contributed by atoms with Crippen molar-refractivity contribution in [1.29, 1.82) is 0 Å². The largest absolute Gasteiger partial charge is 0.355 e. The summed E-state index contributed by atoms with van der Waals surface area (Å²) in [7, 11) is 3.38. The maximum Gasteiger partial charge on any atom is 0.256 e. The quantitative estimate of drug-likeness (QED) is 0.844. The average molecular weight is 265 g/mol. The number of hydrogen-bond acceptors (Lipinski definition) is 2. The summed E-state index contributed by atoms with van der Waals surface area (Å²) in [4.78, 5) is 13.6. The zero-order valence-corrected chi connectivity index (χ0v) is 11.6. The van der Waals surface area contributed by atoms with Gasteiger partial charge in [0.15, 0.2) is 0 Å². The third kappa shape index (κ3) is 3.37. The highest BCUT2D eigenvalue weighted by atomic mass is 35.5. The number of halogens is 1. The van der Waals surface area contributed by atoms with E-state index >= 15 is 0 Å². The third-order valence-electron chi connectivity index (χ3n) is 2.30. The molecule has 0 spiro atoms. The maximum atomic E-state index is 12.1. The molecule has 1 rings (SSSR count). The van der Waals surface area contributed by atoms with Crippen LogP contribution in [0.3, 0.4) is 0 Å². The van der Waals surface area contributed by atoms with Crippen LogP contribution in [0.2, 0.25) is 5.02 Å². The van der Waals surface area contributed by atoms with Gasteiger partial charge in [-0.15, -0.1) is 0 Å². The zero-order chi connectivity index (χ0) is 13.7. The summed E-state index contributed by atoms with van der Waals surface area (Å²) >= 11 is 6.09. The van der Waals surface area contributed by atoms with Gasteiger partial charge < -0.3 is 10.2 Å². The first-order chi connectivity index (χ1) is 8.47. The van der Waals surface area contributed by atoms with Crippen molar-refractivity contribution in [1.82, 2.24) is 4.90 Å². The molecule has 1 amide bonds. The molecule has 0 aliphatic heterocycles. The Morgan fingerprint density at radius 2 is 2.11 bits per heavy atom. The maximum absolute atomic E-state index is 12.1. The summed E-state index contributed by atoms with van der Waals surface area (Å²) in [6, 6.07) is 5.29. The van der Waals surface area contributed by atoms with Crippen LogP contribution in [0.15, 0.2) is 42.6 Å². The van der Waals surface area contributed by atoms with Crippen LogP contribution in [0, 0.1) is 0 Å². The van der Waals surface area contributed by atoms with Gasteiger partial charge in [0.2, 0.25) is 0 Å². The minimum Gasteiger partial charge on any atom is -0.355 e. The van der Waals surface area contributed by atoms with Gasteiger partial charge in [-0.05, 0) is 25.1 Å². The molecule has 1 aromatic carbocycles. The Labute approximate surface area is 113 Å². The molecule has 18 heavy (non-hydrogen) atoms. The lowest BCUT2D eigenvalue weighted by molar-refractivity contribution is 0.0828. The summed E-state index contributed by atoms with van der Waals surface area (Å²) in [6.45, 7) is 5.75. The Kier molecular flexibility index (Phi) is 4.98. The van der Waals surface area contributed by atoms with Crippen molar-refractivity contribution >= 4 is 23.2 Å². The lowest BCUT2D eigenvalue weighted by Crippen LogP contribution is -2.23. The number of rotatable bonds is 4. The fraction of sp³-hybridized carbons (Fsp3) is 0.214. The smallest absolute Gasteiger partial charge is 0.256 e. The standard InChI is InChI=1S/C14H17ClN2O/c1-5-7-10(2)16-12-9-6-8-11(15)13(12)14(18)17(3)4/h5-9,16H,2H2,1,3-4H3/b7-5-. The molecule has 0 saturated heterocycles. The molecule has 0 aliphatic rings. The summed E-state index contributed by atoms with van der Waals surface area (Å²) in [5.41, 5.74) is 1.81. The lowest BCUT2D eigenvalue weighted by Gasteiger charge is -2.16. The van der Waals surface area contributed by atoms with Gasteiger partial charge in [0.1, 0.15) is 0 Å². The van der Waals surface area contributed by atoms with Gasteiger partial charge in [0, 0.05) is 19.8 Å². The van der Waals surface area contributed by atoms with Gasteiger partial charge in [-0.25, -0.2) is 0 Å². The molecule has 0 atom stereocenters. The molecule has 1 N–H and O–H groups in total. The zero-order valence-electron chi connectivity index (χ0n) is 10.8. The Bertz CT molecular complexity index is 493. The monoisotopic (exact) mass is 264 g/mol. The highest BCUT2D eigenvalue weighted by molar-refractivity contribution is 6.34. The third-order valence-corrected chi connectivity index (χ3v) is 2.61. The minimum atomic E-state index is -0.142. The predicted molar refractivity (Wildman–Crippen MR) is 77.0 cm³/mol. The fourth-order valence-corrected chi connectivity index (χ4v) is 1.74. The van der Waals surface area contributed by atoms with Crippen molar-refractivity contribution in [2.45, 2.75) is 6.92 Å². The van der Waals surface area contributed by atoms with E-state index in [1.165, 1.54) is 4.90 Å². The first-order valence-corrected chi connectivity index (χ1v) is 5.94. The van der Waals surface area contributed by atoms with Gasteiger partial charge in [-0.1, -0.05) is 30.3 Å². The lowest BCUT2D eigenvalue weighted by atomic mass is 10.1. The number of allylic oxidation sites excluding steroid dienone is 2. The van der Waals surface area contributed by atoms with E-state index in [4.69, 9.17) is 11.6 Å². The van der Waals surface area contributed by atoms with Gasteiger partial charge in [-0.2, -0.15) is 0 Å². The number of nitrogens with zero attached hydrogens (tertiary/aromatic N) is 1. The molecule has 4 heteroatoms. The Hall–Kier alpha value is -1.74. The molecule has 0 aliphatic carbocycles. The van der Waals surface area contributed by atoms with E-state index in [0.29, 0.717) is 22.0 Å². The van der Waals surface area contributed by atoms with Crippen LogP contribution < -0.4 is 5.32 Å². The molecule has 0 radical (unpaired) electrons. The second kappa shape index (κ2) is 6.26. The van der Waals surface area contributed by atoms with Crippen molar-refractivity contribution < 1.29 is 4.79 Å². The number of nitrogens with one attached hydrogen (secondary N) is 1. The van der Waals surface area contributed by atoms with Crippen molar-refractivity contribution in [2.24, 2.45) is 0 Å². The normalized spacial score (nSPS) is 10.4. The van der Waals surface area contributed by atoms with Crippen LogP contribution in [-0.2, 0) is 0 Å². The van der Waals surface area contributed by atoms with E-state index in [1.807, 2.05) is 19.1 Å². The summed E-state index contributed by atoms with van der Waals surface area (Å²) in [5.74, 6) is -0.142. The number of carbonyl (C=O) groups is 1. The highest BCUT2D eigenvalue weighted by Gasteiger charge is 2.17. The molecular formula is C14H17ClN2O. The Morgan fingerprint density at radius 1 is 1.44 bits per heavy atom. The van der Waals surface area contributed by atoms with E-state index in [1.54, 1.807) is 32.3 Å². The molecule has 1 aromatic rings. The van der Waals surface area contributed by atoms with Crippen molar-refractivity contribution in [3.8, 4) is 0 Å². The highest BCUT2D eigenvalue weighted by Crippen LogP contribution is 2.26. The molecular weight excluding hydrogens is 248 g/mol. The SMILES string of the molecule is C=C(/C=C\C)Nc1cccc(Cl)c1C(=O)N(C)C. The van der Waals surface area contributed by atoms with E-state index < -0.39 is 0 Å². The van der Waals surface area contributed by atoms with E-state index in [2.05, 4.69) is 11.9 Å². The molecule has 0 unspecified atom stereocenters. The number of hydrogen-bond donors (Lipinski definition) is 1. The topological polar surface area (TPSA) is 32.3 Å². The van der Waals surface area contributed by atoms with Crippen molar-refractivity contribution in [3.05, 3.63) is 53.2 Å². The van der Waals surface area contributed by atoms with Gasteiger partial charge in [0.25, 0.3) is 5.91 Å². The van der Waals surface area contributed by atoms with Crippen LogP contribution in [0.1, 0.15) is 17.3 Å². The fourth-order valence-electron chi connectivity index (χ4n) is 1.49. The second-order valence-corrected chi connectivity index (χ2v) is 4.42. The molecule has 0 bridgehead atoms. The molecule has 3 nitrogen and oxygen atoms in total. The Morgan fingerprint density at radius 3 is 2.67 bits per heavy atom.